The quantitative estimate of drug-likeness (QED) is 0.179. The summed E-state index contributed by atoms with van der Waals surface area (Å²) in [6, 6.07) is 42.0. The van der Waals surface area contributed by atoms with Gasteiger partial charge in [0.1, 0.15) is 29.0 Å². The second-order valence-corrected chi connectivity index (χ2v) is 17.3. The highest BCUT2D eigenvalue weighted by Crippen LogP contribution is 2.50. The molecule has 9 rings (SSSR count). The van der Waals surface area contributed by atoms with Crippen molar-refractivity contribution < 1.29 is 4.74 Å². The second kappa shape index (κ2) is 12.4. The number of nitrogens with zero attached hydrogens (tertiary/aromatic N) is 4. The molecule has 0 saturated carbocycles. The maximum Gasteiger partial charge on any atom is 0.145 e. The molecule has 4 heterocycles. The van der Waals surface area contributed by atoms with Crippen molar-refractivity contribution in [2.24, 2.45) is 4.99 Å². The van der Waals surface area contributed by atoms with Crippen LogP contribution in [0.25, 0.3) is 27.6 Å². The zero-order valence-corrected chi connectivity index (χ0v) is 32.6. The maximum absolute atomic E-state index is 7.00. The number of benzene rings is 5. The van der Waals surface area contributed by atoms with Crippen molar-refractivity contribution in [2.75, 3.05) is 0 Å². The number of aromatic nitrogens is 2. The van der Waals surface area contributed by atoms with Gasteiger partial charge in [-0.1, -0.05) is 108 Å². The molecule has 2 aromatic heterocycles. The SMILES string of the molecule is Cc1cc(C)c(C2=N[C@H](c3ccccc3)[C@@H]3c4ccccc4CN23)cc1Oc1cc(-n2c3ccc(C(C)(C)C)cc3c3cccnc32)cc(C(C)(C)C)c1. The third kappa shape index (κ3) is 5.69. The molecular formula is C49H48N4O. The van der Waals surface area contributed by atoms with Gasteiger partial charge in [-0.2, -0.15) is 0 Å². The largest absolute Gasteiger partial charge is 0.457 e. The van der Waals surface area contributed by atoms with Gasteiger partial charge in [-0.3, -0.25) is 9.56 Å². The predicted octanol–water partition coefficient (Wildman–Crippen LogP) is 12.2. The fourth-order valence-electron chi connectivity index (χ4n) is 8.46. The monoisotopic (exact) mass is 708 g/mol. The summed E-state index contributed by atoms with van der Waals surface area (Å²) in [5.74, 6) is 2.67. The third-order valence-corrected chi connectivity index (χ3v) is 11.4. The zero-order valence-electron chi connectivity index (χ0n) is 32.6. The molecule has 0 radical (unpaired) electrons. The molecule has 0 N–H and O–H groups in total. The molecule has 2 aliphatic rings. The van der Waals surface area contributed by atoms with Crippen molar-refractivity contribution in [3.05, 3.63) is 166 Å². The summed E-state index contributed by atoms with van der Waals surface area (Å²) in [6.07, 6.45) is 1.89. The Morgan fingerprint density at radius 1 is 0.685 bits per heavy atom. The first kappa shape index (κ1) is 34.1. The predicted molar refractivity (Wildman–Crippen MR) is 222 cm³/mol. The first-order valence-corrected chi connectivity index (χ1v) is 19.2. The van der Waals surface area contributed by atoms with Crippen LogP contribution in [0.15, 0.2) is 126 Å². The van der Waals surface area contributed by atoms with Crippen molar-refractivity contribution in [1.29, 1.82) is 0 Å². The van der Waals surface area contributed by atoms with Crippen LogP contribution in [0.5, 0.6) is 11.5 Å². The Bertz CT molecular complexity index is 2620. The van der Waals surface area contributed by atoms with Gasteiger partial charge < -0.3 is 9.64 Å². The van der Waals surface area contributed by atoms with Crippen molar-refractivity contribution in [3.8, 4) is 17.2 Å². The number of rotatable bonds is 5. The molecule has 5 nitrogen and oxygen atoms in total. The van der Waals surface area contributed by atoms with Crippen LogP contribution in [0.3, 0.4) is 0 Å². The average molecular weight is 709 g/mol. The van der Waals surface area contributed by atoms with Crippen LogP contribution in [0, 0.1) is 13.8 Å². The van der Waals surface area contributed by atoms with E-state index in [9.17, 15) is 0 Å². The van der Waals surface area contributed by atoms with Gasteiger partial charge in [0.05, 0.1) is 17.2 Å². The lowest BCUT2D eigenvalue weighted by Crippen LogP contribution is -2.27. The smallest absolute Gasteiger partial charge is 0.145 e. The maximum atomic E-state index is 7.00. The van der Waals surface area contributed by atoms with Crippen LogP contribution in [0.1, 0.15) is 98.1 Å². The molecule has 0 saturated heterocycles. The lowest BCUT2D eigenvalue weighted by molar-refractivity contribution is 0.341. The fourth-order valence-corrected chi connectivity index (χ4v) is 8.46. The minimum Gasteiger partial charge on any atom is -0.457 e. The Balaban J connectivity index is 1.16. The van der Waals surface area contributed by atoms with E-state index in [2.05, 4.69) is 174 Å². The molecule has 2 atom stereocenters. The molecule has 0 amide bonds. The molecule has 0 aliphatic carbocycles. The normalized spacial score (nSPS) is 16.9. The van der Waals surface area contributed by atoms with E-state index in [1.165, 1.54) is 38.8 Å². The van der Waals surface area contributed by atoms with E-state index in [1.54, 1.807) is 0 Å². The minimum atomic E-state index is -0.113. The number of hydrogen-bond donors (Lipinski definition) is 0. The Morgan fingerprint density at radius 3 is 2.22 bits per heavy atom. The summed E-state index contributed by atoms with van der Waals surface area (Å²) in [4.78, 5) is 12.9. The molecular weight excluding hydrogens is 661 g/mol. The first-order chi connectivity index (χ1) is 25.8. The summed E-state index contributed by atoms with van der Waals surface area (Å²) < 4.78 is 9.30. The van der Waals surface area contributed by atoms with Gasteiger partial charge in [0, 0.05) is 35.1 Å². The van der Waals surface area contributed by atoms with Gasteiger partial charge in [0.2, 0.25) is 0 Å². The molecule has 0 fully saturated rings. The van der Waals surface area contributed by atoms with E-state index >= 15 is 0 Å². The molecule has 2 aliphatic heterocycles. The van der Waals surface area contributed by atoms with Crippen LogP contribution >= 0.6 is 0 Å². The van der Waals surface area contributed by atoms with Crippen LogP contribution < -0.4 is 4.74 Å². The molecule has 5 aromatic carbocycles. The van der Waals surface area contributed by atoms with E-state index in [1.807, 2.05) is 12.3 Å². The first-order valence-electron chi connectivity index (χ1n) is 19.2. The highest BCUT2D eigenvalue weighted by Gasteiger charge is 2.44. The van der Waals surface area contributed by atoms with Crippen molar-refractivity contribution in [3.63, 3.8) is 0 Å². The Kier molecular flexibility index (Phi) is 7.86. The summed E-state index contributed by atoms with van der Waals surface area (Å²) >= 11 is 0. The highest BCUT2D eigenvalue weighted by atomic mass is 16.5. The number of hydrogen-bond acceptors (Lipinski definition) is 4. The van der Waals surface area contributed by atoms with Crippen molar-refractivity contribution in [2.45, 2.75) is 84.8 Å². The summed E-state index contributed by atoms with van der Waals surface area (Å²) in [6.45, 7) is 18.8. The number of fused-ring (bicyclic) bond motifs is 6. The molecule has 270 valence electrons. The van der Waals surface area contributed by atoms with E-state index in [4.69, 9.17) is 14.7 Å². The topological polar surface area (TPSA) is 42.6 Å². The van der Waals surface area contributed by atoms with Gasteiger partial charge in [0.15, 0.2) is 0 Å². The summed E-state index contributed by atoms with van der Waals surface area (Å²) in [5, 5.41) is 2.36. The second-order valence-electron chi connectivity index (χ2n) is 17.3. The summed E-state index contributed by atoms with van der Waals surface area (Å²) in [7, 11) is 0. The van der Waals surface area contributed by atoms with Crippen LogP contribution in [0.4, 0.5) is 0 Å². The van der Waals surface area contributed by atoms with E-state index < -0.39 is 0 Å². The van der Waals surface area contributed by atoms with Gasteiger partial charge in [-0.15, -0.1) is 0 Å². The molecule has 5 heteroatoms. The Hall–Kier alpha value is -5.68. The van der Waals surface area contributed by atoms with Crippen LogP contribution in [-0.4, -0.2) is 20.3 Å². The Labute approximate surface area is 319 Å². The lowest BCUT2D eigenvalue weighted by atomic mass is 9.86. The van der Waals surface area contributed by atoms with E-state index in [0.717, 1.165) is 57.2 Å². The number of amidine groups is 1. The molecule has 54 heavy (non-hydrogen) atoms. The van der Waals surface area contributed by atoms with Gasteiger partial charge >= 0.3 is 0 Å². The minimum absolute atomic E-state index is 0.0141. The standard InChI is InChI=1S/C49H48N4O/c1-30-23-31(2)43(28-40(30)47-51-44(32-15-10-9-11-16-32)45-38-18-13-12-17-33(38)29-52(45)47)54-37-25-35(49(6,7)8)24-36(27-37)53-42-21-20-34(48(3,4)5)26-41(42)39-19-14-22-50-46(39)53/h9-28,44-45H,29H2,1-8H3/t44-,45+/m1/s1. The van der Waals surface area contributed by atoms with E-state index in [-0.39, 0.29) is 22.9 Å². The zero-order chi connectivity index (χ0) is 37.5. The molecule has 7 aromatic rings. The van der Waals surface area contributed by atoms with Crippen LogP contribution in [0.2, 0.25) is 0 Å². The Morgan fingerprint density at radius 2 is 1.44 bits per heavy atom. The molecule has 0 spiro atoms. The summed E-state index contributed by atoms with van der Waals surface area (Å²) in [5.41, 5.74) is 12.9. The average Bonchev–Trinajstić information content (AvgIpc) is 3.81. The molecule has 0 unspecified atom stereocenters. The third-order valence-electron chi connectivity index (χ3n) is 11.4. The fraction of sp³-hybridized carbons (Fsp3) is 0.265. The highest BCUT2D eigenvalue weighted by molar-refractivity contribution is 6.08. The van der Waals surface area contributed by atoms with Crippen molar-refractivity contribution >= 4 is 27.8 Å². The van der Waals surface area contributed by atoms with Gasteiger partial charge in [-0.25, -0.2) is 4.98 Å². The number of pyridine rings is 1. The van der Waals surface area contributed by atoms with Crippen LogP contribution in [-0.2, 0) is 17.4 Å². The van der Waals surface area contributed by atoms with Crippen molar-refractivity contribution in [1.82, 2.24) is 14.5 Å². The molecule has 0 bridgehead atoms. The van der Waals surface area contributed by atoms with Gasteiger partial charge in [0.25, 0.3) is 0 Å². The number of aryl methyl sites for hydroxylation is 2. The lowest BCUT2D eigenvalue weighted by Gasteiger charge is -2.25. The number of aliphatic imine (C=N–C) groups is 1. The van der Waals surface area contributed by atoms with E-state index in [0.29, 0.717) is 0 Å². The number of ether oxygens (including phenoxy) is 1. The van der Waals surface area contributed by atoms with Gasteiger partial charge in [-0.05, 0) is 106 Å².